The smallest absolute Gasteiger partial charge is 0.258 e. The molecule has 2 aromatic carbocycles. The highest BCUT2D eigenvalue weighted by atomic mass is 16.5. The Labute approximate surface area is 160 Å². The summed E-state index contributed by atoms with van der Waals surface area (Å²) in [5, 5.41) is 3.55. The number of unbranched alkanes of at least 4 members (excludes halogenated alkanes) is 1. The van der Waals surface area contributed by atoms with Gasteiger partial charge in [0.15, 0.2) is 11.5 Å². The summed E-state index contributed by atoms with van der Waals surface area (Å²) in [7, 11) is 1.65. The lowest BCUT2D eigenvalue weighted by Gasteiger charge is -2.38. The van der Waals surface area contributed by atoms with Gasteiger partial charge in [-0.25, -0.2) is 0 Å². The van der Waals surface area contributed by atoms with E-state index in [2.05, 4.69) is 12.2 Å². The molecule has 0 unspecified atom stereocenters. The first-order chi connectivity index (χ1) is 13.2. The minimum absolute atomic E-state index is 0.0964. The van der Waals surface area contributed by atoms with Gasteiger partial charge in [0, 0.05) is 11.7 Å². The van der Waals surface area contributed by atoms with E-state index < -0.39 is 0 Å². The highest BCUT2D eigenvalue weighted by Gasteiger charge is 2.42. The van der Waals surface area contributed by atoms with Gasteiger partial charge in [-0.3, -0.25) is 4.79 Å². The number of ether oxygens (including phenoxy) is 2. The van der Waals surface area contributed by atoms with Crippen LogP contribution < -0.4 is 14.8 Å². The van der Waals surface area contributed by atoms with Crippen molar-refractivity contribution in [3.8, 4) is 11.5 Å². The molecule has 5 heteroatoms. The van der Waals surface area contributed by atoms with Crippen molar-refractivity contribution in [3.63, 3.8) is 0 Å². The van der Waals surface area contributed by atoms with Crippen molar-refractivity contribution in [3.05, 3.63) is 53.6 Å². The molecule has 27 heavy (non-hydrogen) atoms. The van der Waals surface area contributed by atoms with E-state index in [0.29, 0.717) is 18.4 Å². The van der Waals surface area contributed by atoms with Crippen LogP contribution in [0.3, 0.4) is 0 Å². The number of amides is 1. The Bertz CT molecular complexity index is 832. The van der Waals surface area contributed by atoms with E-state index in [1.165, 1.54) is 0 Å². The number of anilines is 1. The zero-order valence-electron chi connectivity index (χ0n) is 15.9. The molecule has 0 bridgehead atoms. The van der Waals surface area contributed by atoms with Gasteiger partial charge < -0.3 is 19.7 Å². The lowest BCUT2D eigenvalue weighted by molar-refractivity contribution is 0.0666. The zero-order chi connectivity index (χ0) is 18.8. The number of rotatable bonds is 7. The Morgan fingerprint density at radius 3 is 2.70 bits per heavy atom. The molecular formula is C22H26N2O3. The third-order valence-corrected chi connectivity index (χ3v) is 5.16. The number of carbonyl (C=O) groups excluding carboxylic acids is 1. The van der Waals surface area contributed by atoms with Crippen molar-refractivity contribution in [2.24, 2.45) is 0 Å². The average molecular weight is 366 g/mol. The van der Waals surface area contributed by atoms with Gasteiger partial charge in [0.1, 0.15) is 6.17 Å². The molecule has 0 spiro atoms. The lowest BCUT2D eigenvalue weighted by atomic mass is 10.0. The van der Waals surface area contributed by atoms with Crippen LogP contribution in [0.25, 0.3) is 0 Å². The molecule has 1 fully saturated rings. The van der Waals surface area contributed by atoms with Crippen LogP contribution in [-0.4, -0.2) is 30.6 Å². The van der Waals surface area contributed by atoms with E-state index in [1.54, 1.807) is 7.11 Å². The van der Waals surface area contributed by atoms with Gasteiger partial charge in [-0.1, -0.05) is 31.5 Å². The number of hydrogen-bond donors (Lipinski definition) is 1. The second-order valence-corrected chi connectivity index (χ2v) is 7.15. The first-order valence-corrected chi connectivity index (χ1v) is 9.72. The van der Waals surface area contributed by atoms with Gasteiger partial charge >= 0.3 is 0 Å². The maximum Gasteiger partial charge on any atom is 0.258 e. The molecule has 1 amide bonds. The largest absolute Gasteiger partial charge is 0.493 e. The topological polar surface area (TPSA) is 50.8 Å². The van der Waals surface area contributed by atoms with E-state index in [4.69, 9.17) is 9.47 Å². The molecule has 1 heterocycles. The predicted molar refractivity (Wildman–Crippen MR) is 105 cm³/mol. The van der Waals surface area contributed by atoms with Crippen molar-refractivity contribution in [2.45, 2.75) is 44.8 Å². The van der Waals surface area contributed by atoms with Gasteiger partial charge in [0.2, 0.25) is 0 Å². The third kappa shape index (κ3) is 3.46. The second kappa shape index (κ2) is 7.51. The summed E-state index contributed by atoms with van der Waals surface area (Å²) in [6, 6.07) is 14.0. The van der Waals surface area contributed by atoms with Crippen molar-refractivity contribution >= 4 is 11.6 Å². The van der Waals surface area contributed by atoms with Gasteiger partial charge in [0.25, 0.3) is 5.91 Å². The van der Waals surface area contributed by atoms with E-state index >= 15 is 0 Å². The molecule has 0 aromatic heterocycles. The number of carbonyl (C=O) groups is 1. The number of fused-ring (bicyclic) bond motifs is 1. The van der Waals surface area contributed by atoms with E-state index in [0.717, 1.165) is 48.2 Å². The fourth-order valence-corrected chi connectivity index (χ4v) is 3.54. The number of nitrogens with one attached hydrogen (secondary N) is 1. The molecule has 2 aliphatic rings. The van der Waals surface area contributed by atoms with E-state index in [1.807, 2.05) is 47.4 Å². The Hall–Kier alpha value is -2.69. The summed E-state index contributed by atoms with van der Waals surface area (Å²) in [6.45, 7) is 2.81. The Kier molecular flexibility index (Phi) is 4.92. The molecule has 1 atom stereocenters. The Morgan fingerprint density at radius 2 is 1.96 bits per heavy atom. The molecule has 5 nitrogen and oxygen atoms in total. The standard InChI is InChI=1S/C22H26N2O3/c1-3-4-13-27-19-12-9-15(14-20(19)26-2)21-23-18-8-6-5-7-17(18)22(25)24(21)16-10-11-16/h5-9,12,14,16,21,23H,3-4,10-11,13H2,1-2H3/t21-/m1/s1. The molecule has 2 aromatic rings. The van der Waals surface area contributed by atoms with Gasteiger partial charge in [-0.15, -0.1) is 0 Å². The summed E-state index contributed by atoms with van der Waals surface area (Å²) < 4.78 is 11.4. The summed E-state index contributed by atoms with van der Waals surface area (Å²) in [5.74, 6) is 1.54. The van der Waals surface area contributed by atoms with Crippen LogP contribution in [0.2, 0.25) is 0 Å². The van der Waals surface area contributed by atoms with Crippen molar-refractivity contribution in [2.75, 3.05) is 19.0 Å². The van der Waals surface area contributed by atoms with Crippen LogP contribution in [0, 0.1) is 0 Å². The molecule has 4 rings (SSSR count). The SMILES string of the molecule is CCCCOc1ccc([C@@H]2Nc3ccccc3C(=O)N2C2CC2)cc1OC. The predicted octanol–water partition coefficient (Wildman–Crippen LogP) is 4.60. The van der Waals surface area contributed by atoms with Crippen LogP contribution in [0.4, 0.5) is 5.69 Å². The van der Waals surface area contributed by atoms with Crippen molar-refractivity contribution < 1.29 is 14.3 Å². The number of methoxy groups -OCH3 is 1. The number of para-hydroxylation sites is 1. The van der Waals surface area contributed by atoms with Crippen molar-refractivity contribution in [1.29, 1.82) is 0 Å². The molecule has 0 saturated heterocycles. The number of nitrogens with zero attached hydrogens (tertiary/aromatic N) is 1. The average Bonchev–Trinajstić information content (AvgIpc) is 3.53. The molecule has 1 aliphatic carbocycles. The summed E-state index contributed by atoms with van der Waals surface area (Å²) in [5.41, 5.74) is 2.63. The van der Waals surface area contributed by atoms with E-state index in [9.17, 15) is 4.79 Å². The minimum atomic E-state index is -0.196. The molecule has 1 saturated carbocycles. The maximum absolute atomic E-state index is 13.1. The summed E-state index contributed by atoms with van der Waals surface area (Å²) in [4.78, 5) is 15.1. The van der Waals surface area contributed by atoms with Crippen LogP contribution in [0.15, 0.2) is 42.5 Å². The zero-order valence-corrected chi connectivity index (χ0v) is 15.9. The van der Waals surface area contributed by atoms with Crippen LogP contribution in [0.1, 0.15) is 54.7 Å². The summed E-state index contributed by atoms with van der Waals surface area (Å²) >= 11 is 0. The monoisotopic (exact) mass is 366 g/mol. The van der Waals surface area contributed by atoms with Crippen LogP contribution in [0.5, 0.6) is 11.5 Å². The lowest BCUT2D eigenvalue weighted by Crippen LogP contribution is -2.44. The fraction of sp³-hybridized carbons (Fsp3) is 0.409. The van der Waals surface area contributed by atoms with E-state index in [-0.39, 0.29) is 12.1 Å². The van der Waals surface area contributed by atoms with Gasteiger partial charge in [-0.2, -0.15) is 0 Å². The number of benzene rings is 2. The first kappa shape index (κ1) is 17.7. The highest BCUT2D eigenvalue weighted by Crippen LogP contribution is 2.42. The second-order valence-electron chi connectivity index (χ2n) is 7.15. The molecule has 0 radical (unpaired) electrons. The van der Waals surface area contributed by atoms with Gasteiger partial charge in [0.05, 0.1) is 19.3 Å². The third-order valence-electron chi connectivity index (χ3n) is 5.16. The normalized spacial score (nSPS) is 18.7. The molecule has 142 valence electrons. The van der Waals surface area contributed by atoms with Crippen molar-refractivity contribution in [1.82, 2.24) is 4.90 Å². The van der Waals surface area contributed by atoms with Crippen LogP contribution >= 0.6 is 0 Å². The first-order valence-electron chi connectivity index (χ1n) is 9.72. The fourth-order valence-electron chi connectivity index (χ4n) is 3.54. The summed E-state index contributed by atoms with van der Waals surface area (Å²) in [6.07, 6.45) is 4.02. The Morgan fingerprint density at radius 1 is 1.15 bits per heavy atom. The number of hydrogen-bond acceptors (Lipinski definition) is 4. The van der Waals surface area contributed by atoms with Gasteiger partial charge in [-0.05, 0) is 49.1 Å². The molecule has 1 N–H and O–H groups in total. The Balaban J connectivity index is 1.66. The highest BCUT2D eigenvalue weighted by molar-refractivity contribution is 6.02. The quantitative estimate of drug-likeness (QED) is 0.728. The van der Waals surface area contributed by atoms with Crippen LogP contribution in [-0.2, 0) is 0 Å². The molecular weight excluding hydrogens is 340 g/mol. The molecule has 1 aliphatic heterocycles. The maximum atomic E-state index is 13.1. The minimum Gasteiger partial charge on any atom is -0.493 e.